The Labute approximate surface area is 183 Å². The van der Waals surface area contributed by atoms with Gasteiger partial charge >= 0.3 is 6.18 Å². The van der Waals surface area contributed by atoms with Crippen LogP contribution in [0.5, 0.6) is 0 Å². The highest BCUT2D eigenvalue weighted by atomic mass is 19.4. The molecular weight excluding hydrogens is 417 g/mol. The maximum Gasteiger partial charge on any atom is 0.416 e. The standard InChI is InChI=1S/C23H21F3N6/c24-23(25,26)18-2-3-19-16(11-18)1-4-20(30-19)32-13-17(14-32)21-22(29-8-7-28-21)31-9-5-15(12-27)6-10-31/h1-4,7-8,11,15,17H,5-6,9-10,13-14H2. The van der Waals surface area contributed by atoms with E-state index in [-0.39, 0.29) is 11.8 Å². The number of benzene rings is 1. The molecule has 0 atom stereocenters. The molecule has 0 spiro atoms. The summed E-state index contributed by atoms with van der Waals surface area (Å²) in [5.41, 5.74) is 0.826. The molecule has 2 aromatic heterocycles. The fraction of sp³-hybridized carbons (Fsp3) is 0.391. The zero-order valence-electron chi connectivity index (χ0n) is 17.3. The predicted octanol–water partition coefficient (Wildman–Crippen LogP) is 4.39. The fourth-order valence-corrected chi connectivity index (χ4v) is 4.40. The lowest BCUT2D eigenvalue weighted by atomic mass is 9.94. The lowest BCUT2D eigenvalue weighted by molar-refractivity contribution is -0.137. The van der Waals surface area contributed by atoms with Crippen molar-refractivity contribution in [3.63, 3.8) is 0 Å². The van der Waals surface area contributed by atoms with Gasteiger partial charge < -0.3 is 9.80 Å². The Hall–Kier alpha value is -3.41. The summed E-state index contributed by atoms with van der Waals surface area (Å²) in [6.45, 7) is 3.04. The van der Waals surface area contributed by atoms with Gasteiger partial charge in [-0.1, -0.05) is 0 Å². The summed E-state index contributed by atoms with van der Waals surface area (Å²) in [5, 5.41) is 9.60. The molecule has 2 aliphatic heterocycles. The lowest BCUT2D eigenvalue weighted by Gasteiger charge is -2.41. The molecule has 9 heteroatoms. The molecule has 4 heterocycles. The van der Waals surface area contributed by atoms with Gasteiger partial charge in [-0.15, -0.1) is 0 Å². The monoisotopic (exact) mass is 438 g/mol. The first kappa shape index (κ1) is 20.5. The molecule has 2 saturated heterocycles. The average molecular weight is 438 g/mol. The first-order chi connectivity index (χ1) is 15.4. The van der Waals surface area contributed by atoms with Gasteiger partial charge in [0.1, 0.15) is 5.82 Å². The molecule has 1 aromatic carbocycles. The van der Waals surface area contributed by atoms with Gasteiger partial charge in [-0.05, 0) is 43.2 Å². The second-order valence-corrected chi connectivity index (χ2v) is 8.33. The van der Waals surface area contributed by atoms with Crippen LogP contribution in [0, 0.1) is 17.2 Å². The Morgan fingerprint density at radius 1 is 0.969 bits per heavy atom. The van der Waals surface area contributed by atoms with Crippen LogP contribution >= 0.6 is 0 Å². The molecule has 0 aliphatic carbocycles. The molecule has 2 fully saturated rings. The number of piperidine rings is 1. The van der Waals surface area contributed by atoms with E-state index in [1.807, 2.05) is 0 Å². The fourth-order valence-electron chi connectivity index (χ4n) is 4.40. The summed E-state index contributed by atoms with van der Waals surface area (Å²) in [4.78, 5) is 18.1. The number of halogens is 3. The van der Waals surface area contributed by atoms with Crippen molar-refractivity contribution in [2.24, 2.45) is 5.92 Å². The van der Waals surface area contributed by atoms with Crippen LogP contribution < -0.4 is 9.80 Å². The number of alkyl halides is 3. The molecule has 0 saturated carbocycles. The molecule has 0 N–H and O–H groups in total. The molecule has 0 unspecified atom stereocenters. The number of rotatable bonds is 3. The van der Waals surface area contributed by atoms with Gasteiger partial charge in [0.2, 0.25) is 0 Å². The molecule has 5 rings (SSSR count). The molecule has 0 radical (unpaired) electrons. The second-order valence-electron chi connectivity index (χ2n) is 8.33. The summed E-state index contributed by atoms with van der Waals surface area (Å²) in [6.07, 6.45) is 0.707. The Morgan fingerprint density at radius 3 is 2.44 bits per heavy atom. The molecule has 0 bridgehead atoms. The Balaban J connectivity index is 1.30. The van der Waals surface area contributed by atoms with Crippen molar-refractivity contribution in [1.82, 2.24) is 15.0 Å². The predicted molar refractivity (Wildman–Crippen MR) is 114 cm³/mol. The van der Waals surface area contributed by atoms with Gasteiger partial charge in [0.25, 0.3) is 0 Å². The van der Waals surface area contributed by atoms with Gasteiger partial charge in [-0.2, -0.15) is 18.4 Å². The first-order valence-electron chi connectivity index (χ1n) is 10.6. The van der Waals surface area contributed by atoms with Crippen molar-refractivity contribution in [3.05, 3.63) is 54.0 Å². The van der Waals surface area contributed by atoms with E-state index in [1.54, 1.807) is 24.5 Å². The summed E-state index contributed by atoms with van der Waals surface area (Å²) in [5.74, 6) is 1.95. The lowest BCUT2D eigenvalue weighted by Crippen LogP contribution is -2.47. The topological polar surface area (TPSA) is 68.9 Å². The molecule has 3 aromatic rings. The molecule has 32 heavy (non-hydrogen) atoms. The van der Waals surface area contributed by atoms with Crippen LogP contribution in [0.4, 0.5) is 24.8 Å². The molecule has 2 aliphatic rings. The van der Waals surface area contributed by atoms with Crippen LogP contribution in [-0.4, -0.2) is 41.1 Å². The van der Waals surface area contributed by atoms with Crippen molar-refractivity contribution < 1.29 is 13.2 Å². The number of fused-ring (bicyclic) bond motifs is 1. The van der Waals surface area contributed by atoms with Gasteiger partial charge in [0, 0.05) is 55.8 Å². The third-order valence-corrected chi connectivity index (χ3v) is 6.28. The van der Waals surface area contributed by atoms with Gasteiger partial charge in [-0.3, -0.25) is 4.98 Å². The summed E-state index contributed by atoms with van der Waals surface area (Å²) < 4.78 is 38.8. The smallest absolute Gasteiger partial charge is 0.355 e. The van der Waals surface area contributed by atoms with Crippen molar-refractivity contribution in [1.29, 1.82) is 5.26 Å². The first-order valence-corrected chi connectivity index (χ1v) is 10.6. The number of anilines is 2. The molecule has 164 valence electrons. The van der Waals surface area contributed by atoms with E-state index < -0.39 is 11.7 Å². The van der Waals surface area contributed by atoms with Gasteiger partial charge in [-0.25, -0.2) is 9.97 Å². The zero-order valence-corrected chi connectivity index (χ0v) is 17.3. The Morgan fingerprint density at radius 2 is 1.72 bits per heavy atom. The minimum absolute atomic E-state index is 0.108. The van der Waals surface area contributed by atoms with E-state index in [0.717, 1.165) is 68.5 Å². The molecular formula is C23H21F3N6. The van der Waals surface area contributed by atoms with Crippen LogP contribution in [0.15, 0.2) is 42.7 Å². The van der Waals surface area contributed by atoms with Crippen LogP contribution in [0.25, 0.3) is 10.9 Å². The van der Waals surface area contributed by atoms with E-state index in [1.165, 1.54) is 6.07 Å². The maximum absolute atomic E-state index is 12.9. The second kappa shape index (κ2) is 7.93. The highest BCUT2D eigenvalue weighted by Gasteiger charge is 2.34. The van der Waals surface area contributed by atoms with E-state index in [2.05, 4.69) is 30.8 Å². The number of nitriles is 1. The van der Waals surface area contributed by atoms with Gasteiger partial charge in [0.05, 0.1) is 22.8 Å². The molecule has 6 nitrogen and oxygen atoms in total. The maximum atomic E-state index is 12.9. The third-order valence-electron chi connectivity index (χ3n) is 6.28. The normalized spacial score (nSPS) is 17.9. The van der Waals surface area contributed by atoms with Crippen molar-refractivity contribution >= 4 is 22.5 Å². The number of aromatic nitrogens is 3. The van der Waals surface area contributed by atoms with E-state index in [9.17, 15) is 13.2 Å². The molecule has 0 amide bonds. The zero-order chi connectivity index (χ0) is 22.3. The van der Waals surface area contributed by atoms with Crippen molar-refractivity contribution in [2.45, 2.75) is 24.9 Å². The van der Waals surface area contributed by atoms with Crippen molar-refractivity contribution in [3.8, 4) is 6.07 Å². The minimum Gasteiger partial charge on any atom is -0.355 e. The number of nitrogens with zero attached hydrogens (tertiary/aromatic N) is 6. The van der Waals surface area contributed by atoms with Crippen LogP contribution in [0.1, 0.15) is 30.0 Å². The highest BCUT2D eigenvalue weighted by Crippen LogP contribution is 2.36. The SMILES string of the molecule is N#CC1CCN(c2nccnc2C2CN(c3ccc4cc(C(F)(F)F)ccc4n3)C2)CC1. The Bertz CT molecular complexity index is 1170. The summed E-state index contributed by atoms with van der Waals surface area (Å²) >= 11 is 0. The highest BCUT2D eigenvalue weighted by molar-refractivity contribution is 5.81. The number of hydrogen-bond acceptors (Lipinski definition) is 6. The Kier molecular flexibility index (Phi) is 5.08. The number of pyridine rings is 1. The van der Waals surface area contributed by atoms with Crippen LogP contribution in [-0.2, 0) is 6.18 Å². The quantitative estimate of drug-likeness (QED) is 0.604. The summed E-state index contributed by atoms with van der Waals surface area (Å²) in [6, 6.07) is 9.43. The van der Waals surface area contributed by atoms with E-state index in [0.29, 0.717) is 10.9 Å². The minimum atomic E-state index is -4.37. The average Bonchev–Trinajstić information content (AvgIpc) is 2.77. The van der Waals surface area contributed by atoms with Crippen molar-refractivity contribution in [2.75, 3.05) is 36.0 Å². The number of hydrogen-bond donors (Lipinski definition) is 0. The van der Waals surface area contributed by atoms with Crippen LogP contribution in [0.3, 0.4) is 0 Å². The van der Waals surface area contributed by atoms with E-state index in [4.69, 9.17) is 5.26 Å². The summed E-state index contributed by atoms with van der Waals surface area (Å²) in [7, 11) is 0. The largest absolute Gasteiger partial charge is 0.416 e. The van der Waals surface area contributed by atoms with Gasteiger partial charge in [0.15, 0.2) is 5.82 Å². The van der Waals surface area contributed by atoms with E-state index >= 15 is 0 Å². The third kappa shape index (κ3) is 3.81. The van der Waals surface area contributed by atoms with Crippen LogP contribution in [0.2, 0.25) is 0 Å².